The van der Waals surface area contributed by atoms with Crippen LogP contribution in [0, 0.1) is 0 Å². The van der Waals surface area contributed by atoms with Crippen molar-refractivity contribution in [2.75, 3.05) is 0 Å². The molecule has 1 rings (SSSR count). The summed E-state index contributed by atoms with van der Waals surface area (Å²) in [7, 11) is 0.508. The van der Waals surface area contributed by atoms with Gasteiger partial charge in [-0.25, -0.2) is 0 Å². The molecule has 0 aromatic heterocycles. The number of hydrogen-bond acceptors (Lipinski definition) is 0. The fraction of sp³-hybridized carbons (Fsp3) is 1.00. The van der Waals surface area contributed by atoms with Gasteiger partial charge in [-0.15, -0.1) is 0 Å². The lowest BCUT2D eigenvalue weighted by Gasteiger charge is -2.04. The second-order valence-corrected chi connectivity index (χ2v) is 4.24. The van der Waals surface area contributed by atoms with Gasteiger partial charge >= 0.3 is 0 Å². The van der Waals surface area contributed by atoms with E-state index in [0.29, 0.717) is 9.52 Å². The number of rotatable bonds is 0. The lowest BCUT2D eigenvalue weighted by molar-refractivity contribution is 0.734. The molecule has 50 valence electrons. The summed E-state index contributed by atoms with van der Waals surface area (Å²) in [6, 6.07) is 3.28. The van der Waals surface area contributed by atoms with E-state index >= 15 is 0 Å². The molecule has 1 saturated heterocycles. The van der Waals surface area contributed by atoms with Gasteiger partial charge in [0.25, 0.3) is 0 Å². The maximum absolute atomic E-state index is 2.00. The molecule has 0 atom stereocenters. The summed E-state index contributed by atoms with van der Waals surface area (Å²) >= 11 is 0. The van der Waals surface area contributed by atoms with Crippen LogP contribution < -0.4 is 0 Å². The highest BCUT2D eigenvalue weighted by Gasteiger charge is 1.96. The first kappa shape index (κ1) is 8.22. The zero-order valence-corrected chi connectivity index (χ0v) is 7.66. The van der Waals surface area contributed by atoms with Crippen molar-refractivity contribution in [3.8, 4) is 0 Å². The van der Waals surface area contributed by atoms with Crippen LogP contribution in [0.2, 0.25) is 12.1 Å². The van der Waals surface area contributed by atoms with Crippen LogP contribution in [0.15, 0.2) is 0 Å². The molecule has 0 nitrogen and oxygen atoms in total. The summed E-state index contributed by atoms with van der Waals surface area (Å²) in [6.07, 6.45) is 4.66. The monoisotopic (exact) mass is 130 g/mol. The molecule has 0 radical (unpaired) electrons. The van der Waals surface area contributed by atoms with Crippen molar-refractivity contribution in [1.29, 1.82) is 0 Å². The molecule has 0 unspecified atom stereocenters. The van der Waals surface area contributed by atoms with Crippen LogP contribution in [0.1, 0.15) is 33.1 Å². The quantitative estimate of drug-likeness (QED) is 0.441. The highest BCUT2D eigenvalue weighted by molar-refractivity contribution is 6.35. The molecule has 0 aromatic carbocycles. The van der Waals surface area contributed by atoms with Crippen molar-refractivity contribution < 1.29 is 0 Å². The standard InChI is InChI=1S/C5H12Si.C2H6/c1-2-4-6-5-3-1;1-2/h1-6H2;1-2H3. The molecule has 0 saturated carbocycles. The molecule has 1 fully saturated rings. The minimum atomic E-state index is 0.508. The normalized spacial score (nSPS) is 18.8. The van der Waals surface area contributed by atoms with Crippen molar-refractivity contribution >= 4 is 9.52 Å². The van der Waals surface area contributed by atoms with Crippen molar-refractivity contribution in [3.05, 3.63) is 0 Å². The summed E-state index contributed by atoms with van der Waals surface area (Å²) in [4.78, 5) is 0. The van der Waals surface area contributed by atoms with Crippen molar-refractivity contribution in [1.82, 2.24) is 0 Å². The largest absolute Gasteiger partial charge is 0.0683 e. The van der Waals surface area contributed by atoms with Gasteiger partial charge in [0.05, 0.1) is 0 Å². The van der Waals surface area contributed by atoms with Crippen molar-refractivity contribution in [2.24, 2.45) is 0 Å². The van der Waals surface area contributed by atoms with Gasteiger partial charge in [-0.1, -0.05) is 45.2 Å². The van der Waals surface area contributed by atoms with Gasteiger partial charge in [0.15, 0.2) is 0 Å². The Hall–Kier alpha value is 0.217. The molecule has 0 aliphatic carbocycles. The van der Waals surface area contributed by atoms with Crippen LogP contribution >= 0.6 is 0 Å². The van der Waals surface area contributed by atoms with Gasteiger partial charge in [-0.2, -0.15) is 0 Å². The molecule has 1 aliphatic rings. The average Bonchev–Trinajstić information content (AvgIpc) is 1.96. The molecule has 0 N–H and O–H groups in total. The minimum absolute atomic E-state index is 0.508. The zero-order valence-electron chi connectivity index (χ0n) is 6.24. The van der Waals surface area contributed by atoms with Gasteiger partial charge in [-0.05, 0) is 0 Å². The van der Waals surface area contributed by atoms with E-state index in [-0.39, 0.29) is 0 Å². The van der Waals surface area contributed by atoms with Crippen LogP contribution in [0.25, 0.3) is 0 Å². The predicted molar refractivity (Wildman–Crippen MR) is 43.4 cm³/mol. The van der Waals surface area contributed by atoms with Gasteiger partial charge in [0.2, 0.25) is 0 Å². The Labute approximate surface area is 55.5 Å². The molecule has 0 bridgehead atoms. The summed E-state index contributed by atoms with van der Waals surface area (Å²) in [5.41, 5.74) is 0. The first-order valence-corrected chi connectivity index (χ1v) is 6.00. The van der Waals surface area contributed by atoms with Crippen LogP contribution in [0.4, 0.5) is 0 Å². The second-order valence-electron chi connectivity index (χ2n) is 2.12. The second kappa shape index (κ2) is 7.22. The fourth-order valence-electron chi connectivity index (χ4n) is 1.06. The zero-order chi connectivity index (χ0) is 6.24. The Morgan fingerprint density at radius 2 is 1.38 bits per heavy atom. The fourth-order valence-corrected chi connectivity index (χ4v) is 2.83. The minimum Gasteiger partial charge on any atom is -0.0683 e. The first-order chi connectivity index (χ1) is 4.00. The Kier molecular flexibility index (Phi) is 7.41. The van der Waals surface area contributed by atoms with E-state index in [1.165, 1.54) is 6.42 Å². The van der Waals surface area contributed by atoms with Crippen LogP contribution in [0.5, 0.6) is 0 Å². The third kappa shape index (κ3) is 4.38. The lowest BCUT2D eigenvalue weighted by Crippen LogP contribution is -1.94. The summed E-state index contributed by atoms with van der Waals surface area (Å²) in [6.45, 7) is 4.00. The molecule has 0 amide bonds. The van der Waals surface area contributed by atoms with E-state index in [0.717, 1.165) is 0 Å². The average molecular weight is 130 g/mol. The topological polar surface area (TPSA) is 0 Å². The predicted octanol–water partition coefficient (Wildman–Crippen LogP) is 2.20. The smallest absolute Gasteiger partial charge is 0.0197 e. The van der Waals surface area contributed by atoms with E-state index in [4.69, 9.17) is 0 Å². The van der Waals surface area contributed by atoms with Crippen LogP contribution in [-0.2, 0) is 0 Å². The van der Waals surface area contributed by atoms with E-state index in [1.807, 2.05) is 13.8 Å². The first-order valence-electron chi connectivity index (χ1n) is 4.00. The van der Waals surface area contributed by atoms with E-state index in [2.05, 4.69) is 0 Å². The molecular weight excluding hydrogens is 112 g/mol. The summed E-state index contributed by atoms with van der Waals surface area (Å²) in [5, 5.41) is 0. The third-order valence-electron chi connectivity index (χ3n) is 1.50. The van der Waals surface area contributed by atoms with Gasteiger partial charge in [0.1, 0.15) is 0 Å². The van der Waals surface area contributed by atoms with Crippen molar-refractivity contribution in [2.45, 2.75) is 45.2 Å². The molecule has 0 aromatic rings. The Balaban J connectivity index is 0.000000222. The van der Waals surface area contributed by atoms with Crippen LogP contribution in [-0.4, -0.2) is 9.52 Å². The van der Waals surface area contributed by atoms with Crippen molar-refractivity contribution in [3.63, 3.8) is 0 Å². The number of hydrogen-bond donors (Lipinski definition) is 0. The van der Waals surface area contributed by atoms with Crippen LogP contribution in [0.3, 0.4) is 0 Å². The molecule has 1 heterocycles. The molecular formula is C7H18Si. The van der Waals surface area contributed by atoms with E-state index in [1.54, 1.807) is 24.9 Å². The van der Waals surface area contributed by atoms with E-state index < -0.39 is 0 Å². The highest BCUT2D eigenvalue weighted by Crippen LogP contribution is 2.10. The third-order valence-corrected chi connectivity index (χ3v) is 3.50. The Morgan fingerprint density at radius 1 is 0.875 bits per heavy atom. The Morgan fingerprint density at radius 3 is 1.50 bits per heavy atom. The molecule has 1 aliphatic heterocycles. The molecule has 8 heavy (non-hydrogen) atoms. The summed E-state index contributed by atoms with van der Waals surface area (Å²) < 4.78 is 0. The van der Waals surface area contributed by atoms with Gasteiger partial charge < -0.3 is 0 Å². The maximum Gasteiger partial charge on any atom is 0.0197 e. The lowest BCUT2D eigenvalue weighted by atomic mass is 10.3. The highest BCUT2D eigenvalue weighted by atomic mass is 28.2. The Bertz CT molecular complexity index is 19.9. The molecule has 0 spiro atoms. The summed E-state index contributed by atoms with van der Waals surface area (Å²) in [5.74, 6) is 0. The maximum atomic E-state index is 2.00. The van der Waals surface area contributed by atoms with Gasteiger partial charge in [0, 0.05) is 9.52 Å². The van der Waals surface area contributed by atoms with Gasteiger partial charge in [-0.3, -0.25) is 0 Å². The molecule has 1 heteroatoms. The van der Waals surface area contributed by atoms with E-state index in [9.17, 15) is 0 Å². The SMILES string of the molecule is C1CC[SiH2]CC1.CC.